The Kier molecular flexibility index (Phi) is 7.43. The fourth-order valence-corrected chi connectivity index (χ4v) is 6.89. The predicted octanol–water partition coefficient (Wildman–Crippen LogP) is -0.482. The van der Waals surface area contributed by atoms with Crippen LogP contribution in [0.2, 0.25) is 0 Å². The molecule has 1 atom stereocenters. The second-order valence-electron chi connectivity index (χ2n) is 7.52. The molecule has 3 rings (SSSR count). The van der Waals surface area contributed by atoms with Gasteiger partial charge in [0.2, 0.25) is 10.0 Å². The van der Waals surface area contributed by atoms with Crippen molar-refractivity contribution in [2.45, 2.75) is 17.4 Å². The van der Waals surface area contributed by atoms with Crippen molar-refractivity contribution in [1.82, 2.24) is 9.21 Å². The fourth-order valence-electron chi connectivity index (χ4n) is 3.53. The van der Waals surface area contributed by atoms with Gasteiger partial charge < -0.3 is 19.1 Å². The van der Waals surface area contributed by atoms with Crippen molar-refractivity contribution in [3.63, 3.8) is 0 Å². The quantitative estimate of drug-likeness (QED) is 0.464. The third-order valence-corrected chi connectivity index (χ3v) is 9.13. The van der Waals surface area contributed by atoms with Crippen molar-refractivity contribution in [3.05, 3.63) is 23.8 Å². The van der Waals surface area contributed by atoms with Gasteiger partial charge >= 0.3 is 5.97 Å². The van der Waals surface area contributed by atoms with Crippen LogP contribution in [0.1, 0.15) is 16.8 Å². The lowest BCUT2D eigenvalue weighted by Crippen LogP contribution is -2.40. The molecular formula is C19H26N2O9S2. The topological polar surface area (TPSA) is 137 Å². The van der Waals surface area contributed by atoms with E-state index in [2.05, 4.69) is 0 Å². The Bertz CT molecular complexity index is 1080. The number of methoxy groups -OCH3 is 1. The van der Waals surface area contributed by atoms with Crippen LogP contribution in [0.3, 0.4) is 0 Å². The number of amides is 1. The Hall–Kier alpha value is -2.22. The summed E-state index contributed by atoms with van der Waals surface area (Å²) in [5.74, 6) is -1.46. The standard InChI is InChI=1S/C19H26N2O9S2/c1-20(15-5-10-31(24,25)13-15)18(22)12-30-19(23)14-3-4-16(28-2)17(11-14)32(26,27)21-6-8-29-9-7-21/h3-4,11,15H,5-10,12-13H2,1-2H3/t15-/m0/s1. The van der Waals surface area contributed by atoms with Crippen molar-refractivity contribution in [2.75, 3.05) is 58.6 Å². The molecule has 0 aromatic heterocycles. The van der Waals surface area contributed by atoms with Gasteiger partial charge in [-0.3, -0.25) is 4.79 Å². The minimum absolute atomic E-state index is 0.0152. The fraction of sp³-hybridized carbons (Fsp3) is 0.579. The summed E-state index contributed by atoms with van der Waals surface area (Å²) in [6.07, 6.45) is 0.333. The van der Waals surface area contributed by atoms with Crippen molar-refractivity contribution in [3.8, 4) is 5.75 Å². The second-order valence-corrected chi connectivity index (χ2v) is 11.7. The number of carbonyl (C=O) groups is 2. The molecule has 0 bridgehead atoms. The van der Waals surface area contributed by atoms with Crippen molar-refractivity contribution in [1.29, 1.82) is 0 Å². The molecule has 178 valence electrons. The lowest BCUT2D eigenvalue weighted by Gasteiger charge is -2.26. The van der Waals surface area contributed by atoms with E-state index in [1.165, 1.54) is 35.5 Å². The maximum atomic E-state index is 13.0. The van der Waals surface area contributed by atoms with Crippen LogP contribution in [0, 0.1) is 0 Å². The monoisotopic (exact) mass is 490 g/mol. The summed E-state index contributed by atoms with van der Waals surface area (Å²) in [5.41, 5.74) is -0.0588. The third-order valence-electron chi connectivity index (χ3n) is 5.46. The van der Waals surface area contributed by atoms with Gasteiger partial charge in [0.1, 0.15) is 10.6 Å². The number of benzene rings is 1. The van der Waals surface area contributed by atoms with E-state index in [-0.39, 0.29) is 54.0 Å². The summed E-state index contributed by atoms with van der Waals surface area (Å²) in [4.78, 5) is 25.9. The number of likely N-dealkylation sites (N-methyl/N-ethyl adjacent to an activating group) is 1. The lowest BCUT2D eigenvalue weighted by molar-refractivity contribution is -0.134. The Labute approximate surface area is 187 Å². The van der Waals surface area contributed by atoms with E-state index in [0.29, 0.717) is 6.42 Å². The molecule has 2 aliphatic heterocycles. The van der Waals surface area contributed by atoms with Crippen LogP contribution in [0.25, 0.3) is 0 Å². The molecule has 1 aromatic carbocycles. The molecule has 0 aliphatic carbocycles. The minimum atomic E-state index is -3.94. The molecule has 2 heterocycles. The molecule has 2 fully saturated rings. The number of esters is 1. The smallest absolute Gasteiger partial charge is 0.338 e. The lowest BCUT2D eigenvalue weighted by atomic mass is 10.2. The van der Waals surface area contributed by atoms with Crippen LogP contribution < -0.4 is 4.74 Å². The zero-order valence-electron chi connectivity index (χ0n) is 17.9. The number of sulfone groups is 1. The highest BCUT2D eigenvalue weighted by molar-refractivity contribution is 7.91. The highest BCUT2D eigenvalue weighted by Gasteiger charge is 2.33. The van der Waals surface area contributed by atoms with Gasteiger partial charge in [0, 0.05) is 26.2 Å². The first-order chi connectivity index (χ1) is 15.0. The molecule has 11 nitrogen and oxygen atoms in total. The maximum Gasteiger partial charge on any atom is 0.338 e. The molecule has 2 saturated heterocycles. The summed E-state index contributed by atoms with van der Waals surface area (Å²) in [6.45, 7) is 0.293. The van der Waals surface area contributed by atoms with Crippen LogP contribution in [0.15, 0.2) is 23.1 Å². The van der Waals surface area contributed by atoms with E-state index in [0.717, 1.165) is 6.07 Å². The van der Waals surface area contributed by atoms with Crippen LogP contribution in [-0.4, -0.2) is 103 Å². The number of carbonyl (C=O) groups excluding carboxylic acids is 2. The Balaban J connectivity index is 1.70. The normalized spacial score (nSPS) is 21.1. The van der Waals surface area contributed by atoms with Crippen LogP contribution in [0.4, 0.5) is 0 Å². The molecule has 1 amide bonds. The minimum Gasteiger partial charge on any atom is -0.495 e. The van der Waals surface area contributed by atoms with Gasteiger partial charge in [0.25, 0.3) is 5.91 Å². The van der Waals surface area contributed by atoms with Gasteiger partial charge in [-0.05, 0) is 24.6 Å². The molecule has 0 spiro atoms. The van der Waals surface area contributed by atoms with E-state index in [1.54, 1.807) is 0 Å². The highest BCUT2D eigenvalue weighted by Crippen LogP contribution is 2.28. The van der Waals surface area contributed by atoms with E-state index < -0.39 is 44.4 Å². The second kappa shape index (κ2) is 9.73. The van der Waals surface area contributed by atoms with Gasteiger partial charge in [-0.1, -0.05) is 0 Å². The molecule has 0 unspecified atom stereocenters. The van der Waals surface area contributed by atoms with Gasteiger partial charge in [-0.25, -0.2) is 21.6 Å². The number of hydrogen-bond acceptors (Lipinski definition) is 9. The SMILES string of the molecule is COc1ccc(C(=O)OCC(=O)N(C)[C@H]2CCS(=O)(=O)C2)cc1S(=O)(=O)N1CCOCC1. The largest absolute Gasteiger partial charge is 0.495 e. The zero-order valence-corrected chi connectivity index (χ0v) is 19.5. The van der Waals surface area contributed by atoms with Crippen LogP contribution >= 0.6 is 0 Å². The van der Waals surface area contributed by atoms with Gasteiger partial charge in [0.15, 0.2) is 16.4 Å². The molecule has 0 N–H and O–H groups in total. The number of rotatable bonds is 7. The van der Waals surface area contributed by atoms with Crippen molar-refractivity contribution >= 4 is 31.7 Å². The summed E-state index contributed by atoms with van der Waals surface area (Å²) in [6, 6.07) is 3.39. The summed E-state index contributed by atoms with van der Waals surface area (Å²) in [7, 11) is -4.32. The number of ether oxygens (including phenoxy) is 3. The number of hydrogen-bond donors (Lipinski definition) is 0. The molecule has 1 aromatic rings. The van der Waals surface area contributed by atoms with E-state index in [1.807, 2.05) is 0 Å². The summed E-state index contributed by atoms with van der Waals surface area (Å²) in [5, 5.41) is 0. The first-order valence-electron chi connectivity index (χ1n) is 9.94. The predicted molar refractivity (Wildman–Crippen MR) is 113 cm³/mol. The Morgan fingerprint density at radius 2 is 1.94 bits per heavy atom. The van der Waals surface area contributed by atoms with E-state index in [9.17, 15) is 26.4 Å². The molecule has 2 aliphatic rings. The third kappa shape index (κ3) is 5.39. The average molecular weight is 491 g/mol. The highest BCUT2D eigenvalue weighted by atomic mass is 32.2. The Morgan fingerprint density at radius 1 is 1.25 bits per heavy atom. The van der Waals surface area contributed by atoms with E-state index in [4.69, 9.17) is 14.2 Å². The first kappa shape index (κ1) is 24.4. The van der Waals surface area contributed by atoms with E-state index >= 15 is 0 Å². The van der Waals surface area contributed by atoms with Gasteiger partial charge in [0.05, 0.1) is 37.4 Å². The molecule has 0 radical (unpaired) electrons. The number of nitrogens with zero attached hydrogens (tertiary/aromatic N) is 2. The van der Waals surface area contributed by atoms with Crippen LogP contribution in [-0.2, 0) is 34.1 Å². The van der Waals surface area contributed by atoms with Gasteiger partial charge in [-0.2, -0.15) is 4.31 Å². The average Bonchev–Trinajstić information content (AvgIpc) is 3.16. The van der Waals surface area contributed by atoms with Gasteiger partial charge in [-0.15, -0.1) is 0 Å². The first-order valence-corrected chi connectivity index (χ1v) is 13.2. The number of sulfonamides is 1. The van der Waals surface area contributed by atoms with Crippen molar-refractivity contribution < 1.29 is 40.6 Å². The number of morpholine rings is 1. The maximum absolute atomic E-state index is 13.0. The Morgan fingerprint density at radius 3 is 2.53 bits per heavy atom. The molecule has 0 saturated carbocycles. The van der Waals surface area contributed by atoms with Crippen molar-refractivity contribution in [2.24, 2.45) is 0 Å². The molecular weight excluding hydrogens is 464 g/mol. The summed E-state index contributed by atoms with van der Waals surface area (Å²) >= 11 is 0. The molecule has 32 heavy (non-hydrogen) atoms. The zero-order chi connectivity index (χ0) is 23.5. The summed E-state index contributed by atoms with van der Waals surface area (Å²) < 4.78 is 65.9. The van der Waals surface area contributed by atoms with Crippen LogP contribution in [0.5, 0.6) is 5.75 Å². The molecule has 13 heteroatoms.